The van der Waals surface area contributed by atoms with Crippen molar-refractivity contribution in [3.8, 4) is 17.2 Å². The molecule has 2 aromatic rings. The lowest BCUT2D eigenvalue weighted by Crippen LogP contribution is -2.19. The molecule has 0 saturated carbocycles. The summed E-state index contributed by atoms with van der Waals surface area (Å²) in [4.78, 5) is 23.4. The van der Waals surface area contributed by atoms with Crippen molar-refractivity contribution in [3.63, 3.8) is 0 Å². The Kier molecular flexibility index (Phi) is 5.84. The van der Waals surface area contributed by atoms with Crippen LogP contribution in [0.2, 0.25) is 0 Å². The number of carbonyl (C=O) groups excluding carboxylic acids is 2. The molecule has 0 aliphatic rings. The third-order valence-corrected chi connectivity index (χ3v) is 3.47. The minimum Gasteiger partial charge on any atom is -0.493 e. The number of Topliss-reactive ketones (excluding diaryl/α,β-unsaturated/α-hetero) is 1. The van der Waals surface area contributed by atoms with E-state index in [1.165, 1.54) is 28.3 Å². The summed E-state index contributed by atoms with van der Waals surface area (Å²) in [6.07, 6.45) is 0. The Morgan fingerprint density at radius 2 is 1.32 bits per heavy atom. The largest absolute Gasteiger partial charge is 0.493 e. The maximum absolute atomic E-state index is 12.2. The van der Waals surface area contributed by atoms with Gasteiger partial charge in [-0.05, 0) is 31.2 Å². The molecule has 0 fully saturated rings. The number of rotatable bonds is 6. The van der Waals surface area contributed by atoms with Crippen molar-refractivity contribution >= 4 is 23.2 Å². The topological polar surface area (TPSA) is 85.9 Å². The molecular weight excluding hydrogens is 324 g/mol. The third kappa shape index (κ3) is 4.41. The lowest BCUT2D eigenvalue weighted by molar-refractivity contribution is 0.101. The van der Waals surface area contributed by atoms with Crippen LogP contribution in [0.1, 0.15) is 17.3 Å². The molecule has 0 aromatic heterocycles. The predicted octanol–water partition coefficient (Wildman–Crippen LogP) is 3.56. The summed E-state index contributed by atoms with van der Waals surface area (Å²) in [5.74, 6) is 1.27. The first-order valence-corrected chi connectivity index (χ1v) is 7.47. The van der Waals surface area contributed by atoms with Gasteiger partial charge in [0, 0.05) is 23.4 Å². The second-order valence-corrected chi connectivity index (χ2v) is 5.13. The van der Waals surface area contributed by atoms with Crippen LogP contribution in [0.4, 0.5) is 16.2 Å². The van der Waals surface area contributed by atoms with Crippen molar-refractivity contribution in [2.45, 2.75) is 6.92 Å². The molecule has 0 unspecified atom stereocenters. The molecule has 7 nitrogen and oxygen atoms in total. The number of hydrogen-bond acceptors (Lipinski definition) is 5. The second-order valence-electron chi connectivity index (χ2n) is 5.13. The van der Waals surface area contributed by atoms with Gasteiger partial charge in [-0.2, -0.15) is 0 Å². The molecular formula is C18H20N2O5. The van der Waals surface area contributed by atoms with Gasteiger partial charge in [0.2, 0.25) is 5.75 Å². The zero-order valence-corrected chi connectivity index (χ0v) is 14.5. The van der Waals surface area contributed by atoms with Crippen LogP contribution in [-0.2, 0) is 0 Å². The maximum Gasteiger partial charge on any atom is 0.323 e. The smallest absolute Gasteiger partial charge is 0.323 e. The second kappa shape index (κ2) is 8.05. The molecule has 0 aliphatic carbocycles. The van der Waals surface area contributed by atoms with E-state index in [4.69, 9.17) is 14.2 Å². The molecule has 0 saturated heterocycles. The standard InChI is InChI=1S/C18H20N2O5/c1-11(21)12-5-7-13(8-6-12)19-18(22)20-14-9-15(23-2)17(25-4)16(10-14)24-3/h5-10H,1-4H3,(H2,19,20,22). The molecule has 2 aromatic carbocycles. The molecule has 2 rings (SSSR count). The lowest BCUT2D eigenvalue weighted by atomic mass is 10.1. The molecule has 0 heterocycles. The zero-order chi connectivity index (χ0) is 18.4. The van der Waals surface area contributed by atoms with Gasteiger partial charge in [0.1, 0.15) is 0 Å². The number of methoxy groups -OCH3 is 3. The summed E-state index contributed by atoms with van der Waals surface area (Å²) in [6, 6.07) is 9.43. The molecule has 0 aliphatic heterocycles. The third-order valence-electron chi connectivity index (χ3n) is 3.47. The Morgan fingerprint density at radius 3 is 1.76 bits per heavy atom. The average molecular weight is 344 g/mol. The summed E-state index contributed by atoms with van der Waals surface area (Å²) < 4.78 is 15.7. The zero-order valence-electron chi connectivity index (χ0n) is 14.5. The summed E-state index contributed by atoms with van der Waals surface area (Å²) in [5.41, 5.74) is 1.62. The van der Waals surface area contributed by atoms with Crippen molar-refractivity contribution in [1.82, 2.24) is 0 Å². The van der Waals surface area contributed by atoms with Gasteiger partial charge < -0.3 is 24.8 Å². The number of carbonyl (C=O) groups is 2. The number of benzene rings is 2. The van der Waals surface area contributed by atoms with Crippen LogP contribution in [0.3, 0.4) is 0 Å². The molecule has 0 radical (unpaired) electrons. The number of nitrogens with one attached hydrogen (secondary N) is 2. The Labute approximate surface area is 145 Å². The SMILES string of the molecule is COc1cc(NC(=O)Nc2ccc(C(C)=O)cc2)cc(OC)c1OC. The molecule has 0 atom stereocenters. The van der Waals surface area contributed by atoms with E-state index in [0.29, 0.717) is 34.2 Å². The summed E-state index contributed by atoms with van der Waals surface area (Å²) in [7, 11) is 4.50. The van der Waals surface area contributed by atoms with Crippen LogP contribution in [0.25, 0.3) is 0 Å². The van der Waals surface area contributed by atoms with Gasteiger partial charge >= 0.3 is 6.03 Å². The van der Waals surface area contributed by atoms with Crippen molar-refractivity contribution in [3.05, 3.63) is 42.0 Å². The van der Waals surface area contributed by atoms with Crippen molar-refractivity contribution < 1.29 is 23.8 Å². The highest BCUT2D eigenvalue weighted by Gasteiger charge is 2.14. The maximum atomic E-state index is 12.2. The van der Waals surface area contributed by atoms with Crippen LogP contribution in [-0.4, -0.2) is 33.1 Å². The summed E-state index contributed by atoms with van der Waals surface area (Å²) in [5, 5.41) is 5.38. The van der Waals surface area contributed by atoms with Gasteiger partial charge in [0.05, 0.1) is 27.0 Å². The quantitative estimate of drug-likeness (QED) is 0.783. The number of ether oxygens (including phenoxy) is 3. The van der Waals surface area contributed by atoms with E-state index in [2.05, 4.69) is 10.6 Å². The highest BCUT2D eigenvalue weighted by molar-refractivity contribution is 6.00. The van der Waals surface area contributed by atoms with E-state index in [1.54, 1.807) is 36.4 Å². The average Bonchev–Trinajstić information content (AvgIpc) is 2.61. The molecule has 132 valence electrons. The fourth-order valence-corrected chi connectivity index (χ4v) is 2.23. The van der Waals surface area contributed by atoms with E-state index >= 15 is 0 Å². The van der Waals surface area contributed by atoms with Gasteiger partial charge in [-0.3, -0.25) is 4.79 Å². The molecule has 2 amide bonds. The van der Waals surface area contributed by atoms with Crippen molar-refractivity contribution in [2.24, 2.45) is 0 Å². The number of hydrogen-bond donors (Lipinski definition) is 2. The highest BCUT2D eigenvalue weighted by Crippen LogP contribution is 2.39. The highest BCUT2D eigenvalue weighted by atomic mass is 16.5. The first kappa shape index (κ1) is 18.1. The number of anilines is 2. The van der Waals surface area contributed by atoms with Crippen LogP contribution < -0.4 is 24.8 Å². The van der Waals surface area contributed by atoms with E-state index < -0.39 is 6.03 Å². The van der Waals surface area contributed by atoms with Gasteiger partial charge in [-0.15, -0.1) is 0 Å². The first-order valence-electron chi connectivity index (χ1n) is 7.47. The predicted molar refractivity (Wildman–Crippen MR) is 95.2 cm³/mol. The lowest BCUT2D eigenvalue weighted by Gasteiger charge is -2.15. The van der Waals surface area contributed by atoms with Crippen LogP contribution >= 0.6 is 0 Å². The van der Waals surface area contributed by atoms with Gasteiger partial charge in [-0.1, -0.05) is 0 Å². The van der Waals surface area contributed by atoms with E-state index in [9.17, 15) is 9.59 Å². The number of urea groups is 1. The minimum absolute atomic E-state index is 0.0339. The Hall–Kier alpha value is -3.22. The molecule has 25 heavy (non-hydrogen) atoms. The van der Waals surface area contributed by atoms with Crippen molar-refractivity contribution in [1.29, 1.82) is 0 Å². The molecule has 0 spiro atoms. The van der Waals surface area contributed by atoms with Gasteiger partial charge in [-0.25, -0.2) is 4.79 Å². The number of amides is 2. The van der Waals surface area contributed by atoms with Crippen LogP contribution in [0.5, 0.6) is 17.2 Å². The molecule has 0 bridgehead atoms. The molecule has 2 N–H and O–H groups in total. The van der Waals surface area contributed by atoms with Gasteiger partial charge in [0.25, 0.3) is 0 Å². The van der Waals surface area contributed by atoms with Crippen LogP contribution in [0.15, 0.2) is 36.4 Å². The fourth-order valence-electron chi connectivity index (χ4n) is 2.23. The fraction of sp³-hybridized carbons (Fsp3) is 0.222. The Bertz CT molecular complexity index is 747. The van der Waals surface area contributed by atoms with Crippen LogP contribution in [0, 0.1) is 0 Å². The summed E-state index contributed by atoms with van der Waals surface area (Å²) >= 11 is 0. The minimum atomic E-state index is -0.440. The molecule has 7 heteroatoms. The number of ketones is 1. The van der Waals surface area contributed by atoms with Gasteiger partial charge in [0.15, 0.2) is 17.3 Å². The Balaban J connectivity index is 2.13. The Morgan fingerprint density at radius 1 is 0.800 bits per heavy atom. The normalized spacial score (nSPS) is 9.92. The van der Waals surface area contributed by atoms with E-state index in [0.717, 1.165) is 0 Å². The monoisotopic (exact) mass is 344 g/mol. The van der Waals surface area contributed by atoms with Crippen molar-refractivity contribution in [2.75, 3.05) is 32.0 Å². The summed E-state index contributed by atoms with van der Waals surface area (Å²) in [6.45, 7) is 1.49. The van der Waals surface area contributed by atoms with E-state index in [1.807, 2.05) is 0 Å². The first-order chi connectivity index (χ1) is 12.0. The van der Waals surface area contributed by atoms with E-state index in [-0.39, 0.29) is 5.78 Å².